The van der Waals surface area contributed by atoms with Crippen LogP contribution in [0.1, 0.15) is 30.3 Å². The average molecular weight is 340 g/mol. The highest BCUT2D eigenvalue weighted by atomic mass is 79.9. The highest BCUT2D eigenvalue weighted by molar-refractivity contribution is 9.10. The van der Waals surface area contributed by atoms with Crippen LogP contribution in [0.15, 0.2) is 16.7 Å². The summed E-state index contributed by atoms with van der Waals surface area (Å²) in [5, 5.41) is 11.7. The van der Waals surface area contributed by atoms with Gasteiger partial charge in [0.15, 0.2) is 6.61 Å². The van der Waals surface area contributed by atoms with E-state index in [1.54, 1.807) is 19.2 Å². The summed E-state index contributed by atoms with van der Waals surface area (Å²) in [7, 11) is 0. The molecule has 2 rings (SSSR count). The van der Waals surface area contributed by atoms with E-state index < -0.39 is 24.0 Å². The van der Waals surface area contributed by atoms with Crippen LogP contribution >= 0.6 is 15.9 Å². The predicted octanol–water partition coefficient (Wildman–Crippen LogP) is 1.74. The molecule has 1 unspecified atom stereocenters. The van der Waals surface area contributed by atoms with Gasteiger partial charge in [-0.15, -0.1) is 0 Å². The van der Waals surface area contributed by atoms with Crippen LogP contribution in [0.25, 0.3) is 0 Å². The summed E-state index contributed by atoms with van der Waals surface area (Å²) in [6.07, 6.45) is 3.46. The first-order valence-electron chi connectivity index (χ1n) is 6.18. The third-order valence-corrected chi connectivity index (χ3v) is 3.69. The van der Waals surface area contributed by atoms with E-state index in [2.05, 4.69) is 32.3 Å². The molecule has 106 valence electrons. The van der Waals surface area contributed by atoms with Crippen LogP contribution in [0, 0.1) is 17.2 Å². The van der Waals surface area contributed by atoms with E-state index in [9.17, 15) is 9.59 Å². The fourth-order valence-corrected chi connectivity index (χ4v) is 2.25. The number of H-pyrrole nitrogens is 1. The molecule has 0 aliphatic heterocycles. The van der Waals surface area contributed by atoms with E-state index in [-0.39, 0.29) is 11.6 Å². The Morgan fingerprint density at radius 1 is 1.65 bits per heavy atom. The van der Waals surface area contributed by atoms with Gasteiger partial charge in [0.25, 0.3) is 5.91 Å². The molecule has 6 nitrogen and oxygen atoms in total. The van der Waals surface area contributed by atoms with Crippen LogP contribution in [-0.4, -0.2) is 29.0 Å². The van der Waals surface area contributed by atoms with E-state index in [1.165, 1.54) is 0 Å². The van der Waals surface area contributed by atoms with Crippen molar-refractivity contribution in [2.45, 2.75) is 25.3 Å². The van der Waals surface area contributed by atoms with E-state index in [0.717, 1.165) is 17.3 Å². The third-order valence-electron chi connectivity index (χ3n) is 3.23. The van der Waals surface area contributed by atoms with Gasteiger partial charge in [-0.1, -0.05) is 0 Å². The lowest BCUT2D eigenvalue weighted by molar-refractivity contribution is -0.125. The van der Waals surface area contributed by atoms with Crippen LogP contribution in [0.3, 0.4) is 0 Å². The topological polar surface area (TPSA) is 95.0 Å². The van der Waals surface area contributed by atoms with Gasteiger partial charge >= 0.3 is 5.97 Å². The lowest BCUT2D eigenvalue weighted by Gasteiger charge is -2.22. The Kier molecular flexibility index (Phi) is 4.14. The number of esters is 1. The number of ether oxygens (including phenoxy) is 1. The molecule has 0 bridgehead atoms. The lowest BCUT2D eigenvalue weighted by atomic mass is 9.98. The molecule has 1 aromatic rings. The molecule has 1 heterocycles. The van der Waals surface area contributed by atoms with Crippen molar-refractivity contribution in [2.24, 2.45) is 5.92 Å². The molecular weight excluding hydrogens is 326 g/mol. The van der Waals surface area contributed by atoms with Crippen molar-refractivity contribution in [3.8, 4) is 6.07 Å². The number of carbonyl (C=O) groups is 2. The lowest BCUT2D eigenvalue weighted by Crippen LogP contribution is -2.48. The maximum absolute atomic E-state index is 11.7. The molecule has 0 saturated heterocycles. The fraction of sp³-hybridized carbons (Fsp3) is 0.462. The SMILES string of the molecule is CC(C#N)(NC(=O)COC(=O)c1cc(Br)c[nH]1)C1CC1. The first kappa shape index (κ1) is 14.6. The number of aromatic amines is 1. The number of rotatable bonds is 5. The van der Waals surface area contributed by atoms with Crippen molar-refractivity contribution in [3.05, 3.63) is 22.4 Å². The molecule has 0 radical (unpaired) electrons. The molecule has 0 spiro atoms. The molecule has 1 fully saturated rings. The van der Waals surface area contributed by atoms with Crippen LogP contribution in [0.2, 0.25) is 0 Å². The second-order valence-corrected chi connectivity index (χ2v) is 5.86. The molecule has 1 aliphatic rings. The second-order valence-electron chi connectivity index (χ2n) is 4.94. The first-order chi connectivity index (χ1) is 9.44. The van der Waals surface area contributed by atoms with Crippen molar-refractivity contribution in [3.63, 3.8) is 0 Å². The van der Waals surface area contributed by atoms with Gasteiger partial charge in [-0.05, 0) is 47.7 Å². The van der Waals surface area contributed by atoms with E-state index in [1.807, 2.05) is 0 Å². The number of hydrogen-bond acceptors (Lipinski definition) is 4. The molecule has 1 atom stereocenters. The minimum Gasteiger partial charge on any atom is -0.451 e. The molecular formula is C13H14BrN3O3. The predicted molar refractivity (Wildman–Crippen MR) is 73.7 cm³/mol. The maximum atomic E-state index is 11.7. The number of aromatic nitrogens is 1. The molecule has 20 heavy (non-hydrogen) atoms. The molecule has 1 aromatic heterocycles. The summed E-state index contributed by atoms with van der Waals surface area (Å²) in [5.74, 6) is -0.901. The van der Waals surface area contributed by atoms with Crippen molar-refractivity contribution >= 4 is 27.8 Å². The number of carbonyl (C=O) groups excluding carboxylic acids is 2. The van der Waals surface area contributed by atoms with Crippen LogP contribution in [0.4, 0.5) is 0 Å². The standard InChI is InChI=1S/C13H14BrN3O3/c1-13(7-15,8-2-3-8)17-11(18)6-20-12(19)10-4-9(14)5-16-10/h4-5,8,16H,2-3,6H2,1H3,(H,17,18). The van der Waals surface area contributed by atoms with Crippen molar-refractivity contribution < 1.29 is 14.3 Å². The van der Waals surface area contributed by atoms with Gasteiger partial charge in [0, 0.05) is 10.7 Å². The minimum atomic E-state index is -0.876. The zero-order valence-electron chi connectivity index (χ0n) is 10.9. The first-order valence-corrected chi connectivity index (χ1v) is 6.97. The largest absolute Gasteiger partial charge is 0.451 e. The monoisotopic (exact) mass is 339 g/mol. The number of nitrogens with zero attached hydrogens (tertiary/aromatic N) is 1. The van der Waals surface area contributed by atoms with Crippen LogP contribution in [-0.2, 0) is 9.53 Å². The third kappa shape index (κ3) is 3.39. The molecule has 1 amide bonds. The Morgan fingerprint density at radius 2 is 2.35 bits per heavy atom. The number of hydrogen-bond donors (Lipinski definition) is 2. The smallest absolute Gasteiger partial charge is 0.355 e. The molecule has 2 N–H and O–H groups in total. The zero-order chi connectivity index (χ0) is 14.8. The van der Waals surface area contributed by atoms with Gasteiger partial charge < -0.3 is 15.0 Å². The Bertz CT molecular complexity index is 574. The quantitative estimate of drug-likeness (QED) is 0.798. The summed E-state index contributed by atoms with van der Waals surface area (Å²) in [6.45, 7) is 1.28. The molecule has 1 aliphatic carbocycles. The Balaban J connectivity index is 1.83. The van der Waals surface area contributed by atoms with Gasteiger partial charge in [-0.3, -0.25) is 4.79 Å². The summed E-state index contributed by atoms with van der Waals surface area (Å²) in [4.78, 5) is 26.1. The highest BCUT2D eigenvalue weighted by Gasteiger charge is 2.43. The second kappa shape index (κ2) is 5.67. The number of amides is 1. The summed E-state index contributed by atoms with van der Waals surface area (Å²) >= 11 is 3.20. The van der Waals surface area contributed by atoms with E-state index in [0.29, 0.717) is 0 Å². The fourth-order valence-electron chi connectivity index (χ4n) is 1.90. The van der Waals surface area contributed by atoms with Crippen molar-refractivity contribution in [1.29, 1.82) is 5.26 Å². The van der Waals surface area contributed by atoms with Gasteiger partial charge in [-0.2, -0.15) is 5.26 Å². The van der Waals surface area contributed by atoms with Crippen molar-refractivity contribution in [2.75, 3.05) is 6.61 Å². The van der Waals surface area contributed by atoms with Crippen LogP contribution < -0.4 is 5.32 Å². The Labute approximate surface area is 124 Å². The van der Waals surface area contributed by atoms with Crippen LogP contribution in [0.5, 0.6) is 0 Å². The normalized spacial score (nSPS) is 16.9. The number of nitriles is 1. The minimum absolute atomic E-state index is 0.187. The molecule has 1 saturated carbocycles. The summed E-state index contributed by atoms with van der Waals surface area (Å²) < 4.78 is 5.60. The molecule has 7 heteroatoms. The maximum Gasteiger partial charge on any atom is 0.355 e. The average Bonchev–Trinajstić information content (AvgIpc) is 3.19. The number of halogens is 1. The zero-order valence-corrected chi connectivity index (χ0v) is 12.5. The number of nitrogens with one attached hydrogen (secondary N) is 2. The highest BCUT2D eigenvalue weighted by Crippen LogP contribution is 2.39. The molecule has 0 aromatic carbocycles. The van der Waals surface area contributed by atoms with Gasteiger partial charge in [-0.25, -0.2) is 4.79 Å². The van der Waals surface area contributed by atoms with Gasteiger partial charge in [0.1, 0.15) is 11.2 Å². The van der Waals surface area contributed by atoms with E-state index in [4.69, 9.17) is 10.00 Å². The van der Waals surface area contributed by atoms with Gasteiger partial charge in [0.05, 0.1) is 6.07 Å². The van der Waals surface area contributed by atoms with Gasteiger partial charge in [0.2, 0.25) is 0 Å². The van der Waals surface area contributed by atoms with E-state index >= 15 is 0 Å². The summed E-state index contributed by atoms with van der Waals surface area (Å²) in [5.41, 5.74) is -0.617. The van der Waals surface area contributed by atoms with Crippen molar-refractivity contribution in [1.82, 2.24) is 10.3 Å². The summed E-state index contributed by atoms with van der Waals surface area (Å²) in [6, 6.07) is 3.67. The Hall–Kier alpha value is -1.81. The Morgan fingerprint density at radius 3 is 2.85 bits per heavy atom.